The number of pyridine rings is 1. The number of nitrogens with zero attached hydrogens (tertiary/aromatic N) is 6. The highest BCUT2D eigenvalue weighted by Crippen LogP contribution is 2.32. The van der Waals surface area contributed by atoms with Crippen molar-refractivity contribution in [1.82, 2.24) is 19.7 Å². The molecule has 2 saturated heterocycles. The first-order chi connectivity index (χ1) is 16.2. The Kier molecular flexibility index (Phi) is 5.28. The molecule has 6 rings (SSSR count). The molecular formula is C26H30N6O. The Morgan fingerprint density at radius 1 is 1.12 bits per heavy atom. The molecule has 4 heterocycles. The van der Waals surface area contributed by atoms with E-state index in [1.807, 2.05) is 12.1 Å². The summed E-state index contributed by atoms with van der Waals surface area (Å²) in [7, 11) is 0. The average molecular weight is 443 g/mol. The third-order valence-corrected chi connectivity index (χ3v) is 7.37. The highest BCUT2D eigenvalue weighted by Gasteiger charge is 2.35. The van der Waals surface area contributed by atoms with Crippen LogP contribution in [0.4, 0.5) is 5.69 Å². The lowest BCUT2D eigenvalue weighted by molar-refractivity contribution is -0.0491. The van der Waals surface area contributed by atoms with Gasteiger partial charge in [0.2, 0.25) is 0 Å². The largest absolute Gasteiger partial charge is 0.370 e. The van der Waals surface area contributed by atoms with Gasteiger partial charge in [-0.2, -0.15) is 10.4 Å². The molecule has 7 nitrogen and oxygen atoms in total. The lowest BCUT2D eigenvalue weighted by Crippen LogP contribution is -2.56. The maximum atomic E-state index is 9.47. The molecule has 2 atom stereocenters. The topological polar surface area (TPSA) is 70.2 Å². The molecular weight excluding hydrogens is 412 g/mol. The van der Waals surface area contributed by atoms with Crippen LogP contribution in [-0.2, 0) is 17.6 Å². The minimum absolute atomic E-state index is 0.154. The fraction of sp³-hybridized carbons (Fsp3) is 0.500. The first-order valence-corrected chi connectivity index (χ1v) is 12.2. The second-order valence-electron chi connectivity index (χ2n) is 9.76. The molecule has 33 heavy (non-hydrogen) atoms. The predicted octanol–water partition coefficient (Wildman–Crippen LogP) is 3.33. The Bertz CT molecular complexity index is 1210. The van der Waals surface area contributed by atoms with Crippen LogP contribution in [0.15, 0.2) is 36.7 Å². The molecule has 0 bridgehead atoms. The smallest absolute Gasteiger partial charge is 0.101 e. The maximum absolute atomic E-state index is 9.47. The summed E-state index contributed by atoms with van der Waals surface area (Å²) in [5.74, 6) is 0. The summed E-state index contributed by atoms with van der Waals surface area (Å²) in [4.78, 5) is 9.39. The molecule has 1 aromatic carbocycles. The van der Waals surface area contributed by atoms with Crippen LogP contribution in [-0.4, -0.2) is 64.6 Å². The first-order valence-electron chi connectivity index (χ1n) is 12.2. The van der Waals surface area contributed by atoms with E-state index in [-0.39, 0.29) is 12.2 Å². The van der Waals surface area contributed by atoms with Gasteiger partial charge in [0, 0.05) is 55.7 Å². The number of likely N-dealkylation sites (tertiary alicyclic amines) is 1. The molecule has 2 aromatic heterocycles. The van der Waals surface area contributed by atoms with E-state index in [0.717, 1.165) is 49.3 Å². The van der Waals surface area contributed by atoms with Gasteiger partial charge in [0.15, 0.2) is 0 Å². The van der Waals surface area contributed by atoms with Crippen molar-refractivity contribution in [2.75, 3.05) is 37.6 Å². The van der Waals surface area contributed by atoms with Gasteiger partial charge in [0.1, 0.15) is 6.07 Å². The van der Waals surface area contributed by atoms with Crippen LogP contribution in [0.25, 0.3) is 10.9 Å². The normalized spacial score (nSPS) is 23.8. The van der Waals surface area contributed by atoms with Crippen LogP contribution in [0.3, 0.4) is 0 Å². The van der Waals surface area contributed by atoms with Gasteiger partial charge >= 0.3 is 0 Å². The monoisotopic (exact) mass is 442 g/mol. The zero-order valence-electron chi connectivity index (χ0n) is 19.2. The number of hydrogen-bond acceptors (Lipinski definition) is 6. The van der Waals surface area contributed by atoms with Crippen LogP contribution >= 0.6 is 0 Å². The SMILES string of the molecule is C[C@@H]1CN(c2ccc(C#N)c3ncccc23)C[C@H](CN2CC(n3ncc4c3CCCC4)C2)O1. The Labute approximate surface area is 194 Å². The number of aryl methyl sites for hydroxylation is 1. The summed E-state index contributed by atoms with van der Waals surface area (Å²) in [6, 6.07) is 10.7. The van der Waals surface area contributed by atoms with Gasteiger partial charge in [0.25, 0.3) is 0 Å². The van der Waals surface area contributed by atoms with Gasteiger partial charge < -0.3 is 9.64 Å². The van der Waals surface area contributed by atoms with Crippen molar-refractivity contribution in [3.05, 3.63) is 53.5 Å². The van der Waals surface area contributed by atoms with Gasteiger partial charge in [-0.25, -0.2) is 0 Å². The Hall–Kier alpha value is -2.95. The van der Waals surface area contributed by atoms with Gasteiger partial charge in [-0.3, -0.25) is 14.6 Å². The zero-order chi connectivity index (χ0) is 22.4. The molecule has 2 fully saturated rings. The van der Waals surface area contributed by atoms with E-state index < -0.39 is 0 Å². The number of rotatable bonds is 4. The predicted molar refractivity (Wildman–Crippen MR) is 127 cm³/mol. The van der Waals surface area contributed by atoms with Crippen molar-refractivity contribution in [1.29, 1.82) is 5.26 Å². The van der Waals surface area contributed by atoms with E-state index in [1.165, 1.54) is 36.9 Å². The van der Waals surface area contributed by atoms with Crippen molar-refractivity contribution in [3.8, 4) is 6.07 Å². The molecule has 0 amide bonds. The van der Waals surface area contributed by atoms with Gasteiger partial charge in [0.05, 0.1) is 35.5 Å². The minimum Gasteiger partial charge on any atom is -0.370 e. The number of fused-ring (bicyclic) bond motifs is 2. The van der Waals surface area contributed by atoms with Gasteiger partial charge in [-0.1, -0.05) is 0 Å². The number of anilines is 1. The number of benzene rings is 1. The standard InChI is InChI=1S/C26H30N6O/c1-18-13-31(25-9-8-19(11-27)26-23(25)6-4-10-28-26)17-22(33-18)16-30-14-21(15-30)32-24-7-3-2-5-20(24)12-29-32/h4,6,8-10,12,18,21-22H,2-3,5,7,13-17H2,1H3/t18-,22+/m1/s1. The van der Waals surface area contributed by atoms with Crippen LogP contribution in [0, 0.1) is 11.3 Å². The third kappa shape index (κ3) is 3.77. The quantitative estimate of drug-likeness (QED) is 0.617. The summed E-state index contributed by atoms with van der Waals surface area (Å²) in [6.07, 6.45) is 9.12. The van der Waals surface area contributed by atoms with Crippen molar-refractivity contribution in [2.24, 2.45) is 0 Å². The van der Waals surface area contributed by atoms with Crippen molar-refractivity contribution in [3.63, 3.8) is 0 Å². The third-order valence-electron chi connectivity index (χ3n) is 7.37. The van der Waals surface area contributed by atoms with E-state index in [2.05, 4.69) is 50.8 Å². The summed E-state index contributed by atoms with van der Waals surface area (Å²) in [6.45, 7) is 6.87. The number of hydrogen-bond donors (Lipinski definition) is 0. The van der Waals surface area contributed by atoms with Crippen molar-refractivity contribution in [2.45, 2.75) is 50.9 Å². The molecule has 1 aliphatic carbocycles. The fourth-order valence-corrected chi connectivity index (χ4v) is 5.83. The molecule has 170 valence electrons. The molecule has 2 aliphatic heterocycles. The van der Waals surface area contributed by atoms with E-state index >= 15 is 0 Å². The number of aromatic nitrogens is 3. The Balaban J connectivity index is 1.14. The Morgan fingerprint density at radius 3 is 2.88 bits per heavy atom. The maximum Gasteiger partial charge on any atom is 0.101 e. The van der Waals surface area contributed by atoms with Gasteiger partial charge in [-0.15, -0.1) is 0 Å². The number of ether oxygens (including phenoxy) is 1. The van der Waals surface area contributed by atoms with Crippen molar-refractivity contribution < 1.29 is 4.74 Å². The molecule has 0 N–H and O–H groups in total. The van der Waals surface area contributed by atoms with E-state index in [4.69, 9.17) is 9.84 Å². The second-order valence-corrected chi connectivity index (χ2v) is 9.76. The first kappa shape index (κ1) is 20.6. The Morgan fingerprint density at radius 2 is 2.00 bits per heavy atom. The molecule has 0 saturated carbocycles. The summed E-state index contributed by atoms with van der Waals surface area (Å²) in [5, 5.41) is 15.2. The lowest BCUT2D eigenvalue weighted by Gasteiger charge is -2.45. The average Bonchev–Trinajstić information content (AvgIpc) is 3.23. The summed E-state index contributed by atoms with van der Waals surface area (Å²) >= 11 is 0. The second kappa shape index (κ2) is 8.44. The molecule has 3 aromatic rings. The van der Waals surface area contributed by atoms with Gasteiger partial charge in [-0.05, 0) is 62.4 Å². The van der Waals surface area contributed by atoms with Crippen LogP contribution < -0.4 is 4.90 Å². The molecule has 0 unspecified atom stereocenters. The molecule has 3 aliphatic rings. The van der Waals surface area contributed by atoms with Crippen molar-refractivity contribution >= 4 is 16.6 Å². The molecule has 0 spiro atoms. The summed E-state index contributed by atoms with van der Waals surface area (Å²) in [5.41, 5.74) is 5.48. The lowest BCUT2D eigenvalue weighted by atomic mass is 9.97. The number of morpholine rings is 1. The van der Waals surface area contributed by atoms with Crippen LogP contribution in [0.2, 0.25) is 0 Å². The summed E-state index contributed by atoms with van der Waals surface area (Å²) < 4.78 is 8.65. The fourth-order valence-electron chi connectivity index (χ4n) is 5.83. The minimum atomic E-state index is 0.154. The zero-order valence-corrected chi connectivity index (χ0v) is 19.2. The highest BCUT2D eigenvalue weighted by atomic mass is 16.5. The van der Waals surface area contributed by atoms with E-state index in [9.17, 15) is 5.26 Å². The van der Waals surface area contributed by atoms with Crippen LogP contribution in [0.1, 0.15) is 42.6 Å². The van der Waals surface area contributed by atoms with E-state index in [0.29, 0.717) is 11.6 Å². The highest BCUT2D eigenvalue weighted by molar-refractivity contribution is 5.95. The number of nitriles is 1. The van der Waals surface area contributed by atoms with E-state index in [1.54, 1.807) is 6.20 Å². The molecule has 7 heteroatoms. The van der Waals surface area contributed by atoms with Crippen LogP contribution in [0.5, 0.6) is 0 Å². The molecule has 0 radical (unpaired) electrons.